The van der Waals surface area contributed by atoms with Gasteiger partial charge in [-0.1, -0.05) is 6.42 Å². The van der Waals surface area contributed by atoms with Gasteiger partial charge >= 0.3 is 0 Å². The molecule has 0 bridgehead atoms. The molecule has 2 aromatic rings. The number of piperazine rings is 1. The van der Waals surface area contributed by atoms with Gasteiger partial charge < -0.3 is 4.90 Å². The smallest absolute Gasteiger partial charge is 0.176 e. The van der Waals surface area contributed by atoms with Crippen molar-refractivity contribution in [3.8, 4) is 5.82 Å². The van der Waals surface area contributed by atoms with Gasteiger partial charge in [0, 0.05) is 37.9 Å². The van der Waals surface area contributed by atoms with Crippen LogP contribution in [0.5, 0.6) is 0 Å². The minimum absolute atomic E-state index is 0.785. The zero-order valence-electron chi connectivity index (χ0n) is 13.9. The molecule has 1 saturated carbocycles. The SMILES string of the molecule is Cc1cc(C)n(-c2ccc(N3CCN(C4CCC4)CC3)nn2)n1. The second-order valence-corrected chi connectivity index (χ2v) is 6.70. The van der Waals surface area contributed by atoms with E-state index in [0.29, 0.717) is 0 Å². The Hall–Kier alpha value is -1.95. The van der Waals surface area contributed by atoms with Crippen molar-refractivity contribution < 1.29 is 0 Å². The lowest BCUT2D eigenvalue weighted by Crippen LogP contribution is -2.52. The molecule has 2 aliphatic rings. The molecule has 23 heavy (non-hydrogen) atoms. The molecular weight excluding hydrogens is 288 g/mol. The summed E-state index contributed by atoms with van der Waals surface area (Å²) in [6, 6.07) is 6.98. The van der Waals surface area contributed by atoms with E-state index < -0.39 is 0 Å². The summed E-state index contributed by atoms with van der Waals surface area (Å²) in [5.74, 6) is 1.76. The van der Waals surface area contributed by atoms with Crippen LogP contribution in [-0.2, 0) is 0 Å². The molecule has 0 spiro atoms. The summed E-state index contributed by atoms with van der Waals surface area (Å²) in [6.45, 7) is 8.41. The van der Waals surface area contributed by atoms with Gasteiger partial charge in [0.25, 0.3) is 0 Å². The minimum atomic E-state index is 0.785. The Labute approximate surface area is 137 Å². The molecule has 6 heteroatoms. The third-order valence-corrected chi connectivity index (χ3v) is 5.09. The van der Waals surface area contributed by atoms with E-state index >= 15 is 0 Å². The summed E-state index contributed by atoms with van der Waals surface area (Å²) in [5, 5.41) is 13.3. The Morgan fingerprint density at radius 2 is 1.65 bits per heavy atom. The van der Waals surface area contributed by atoms with Crippen LogP contribution in [0.15, 0.2) is 18.2 Å². The van der Waals surface area contributed by atoms with E-state index in [-0.39, 0.29) is 0 Å². The van der Waals surface area contributed by atoms with Crippen LogP contribution in [0.4, 0.5) is 5.82 Å². The molecule has 6 nitrogen and oxygen atoms in total. The fourth-order valence-electron chi connectivity index (χ4n) is 3.53. The van der Waals surface area contributed by atoms with Crippen molar-refractivity contribution in [2.75, 3.05) is 31.1 Å². The maximum atomic E-state index is 4.46. The number of aryl methyl sites for hydroxylation is 2. The second kappa shape index (κ2) is 5.92. The molecular formula is C17H24N6. The molecule has 1 saturated heterocycles. The van der Waals surface area contributed by atoms with Crippen LogP contribution < -0.4 is 4.90 Å². The van der Waals surface area contributed by atoms with E-state index in [0.717, 1.165) is 55.2 Å². The molecule has 2 aromatic heterocycles. The Morgan fingerprint density at radius 1 is 0.957 bits per heavy atom. The van der Waals surface area contributed by atoms with Crippen LogP contribution in [0, 0.1) is 13.8 Å². The van der Waals surface area contributed by atoms with E-state index in [1.54, 1.807) is 0 Å². The summed E-state index contributed by atoms with van der Waals surface area (Å²) in [7, 11) is 0. The highest BCUT2D eigenvalue weighted by molar-refractivity contribution is 5.40. The van der Waals surface area contributed by atoms with Crippen molar-refractivity contribution in [3.63, 3.8) is 0 Å². The fourth-order valence-corrected chi connectivity index (χ4v) is 3.53. The first-order chi connectivity index (χ1) is 11.2. The summed E-state index contributed by atoms with van der Waals surface area (Å²) < 4.78 is 1.85. The predicted octanol–water partition coefficient (Wildman–Crippen LogP) is 1.95. The van der Waals surface area contributed by atoms with E-state index in [4.69, 9.17) is 0 Å². The number of hydrogen-bond donors (Lipinski definition) is 0. The first kappa shape index (κ1) is 14.6. The van der Waals surface area contributed by atoms with E-state index in [1.807, 2.05) is 24.6 Å². The van der Waals surface area contributed by atoms with Crippen molar-refractivity contribution in [2.45, 2.75) is 39.2 Å². The average molecular weight is 312 g/mol. The molecule has 1 aliphatic heterocycles. The molecule has 0 atom stereocenters. The van der Waals surface area contributed by atoms with Crippen molar-refractivity contribution >= 4 is 5.82 Å². The zero-order chi connectivity index (χ0) is 15.8. The standard InChI is InChI=1S/C17H24N6/c1-13-12-14(2)23(20-13)17-7-6-16(18-19-17)22-10-8-21(9-11-22)15-4-3-5-15/h6-7,12,15H,3-5,8-11H2,1-2H3. The largest absolute Gasteiger partial charge is 0.353 e. The topological polar surface area (TPSA) is 50.1 Å². The average Bonchev–Trinajstić information content (AvgIpc) is 2.85. The van der Waals surface area contributed by atoms with Gasteiger partial charge in [-0.3, -0.25) is 4.90 Å². The molecule has 0 amide bonds. The van der Waals surface area contributed by atoms with Crippen molar-refractivity contribution in [2.24, 2.45) is 0 Å². The van der Waals surface area contributed by atoms with Gasteiger partial charge in [0.05, 0.1) is 5.69 Å². The molecule has 122 valence electrons. The normalized spacial score (nSPS) is 19.8. The van der Waals surface area contributed by atoms with E-state index in [1.165, 1.54) is 19.3 Å². The van der Waals surface area contributed by atoms with Crippen LogP contribution in [0.3, 0.4) is 0 Å². The predicted molar refractivity (Wildman–Crippen MR) is 90.1 cm³/mol. The molecule has 4 rings (SSSR count). The van der Waals surface area contributed by atoms with E-state index in [2.05, 4.69) is 37.2 Å². The Kier molecular flexibility index (Phi) is 3.77. The summed E-state index contributed by atoms with van der Waals surface area (Å²) in [6.07, 6.45) is 4.18. The molecule has 0 N–H and O–H groups in total. The third-order valence-electron chi connectivity index (χ3n) is 5.09. The van der Waals surface area contributed by atoms with Gasteiger partial charge in [-0.2, -0.15) is 5.10 Å². The quantitative estimate of drug-likeness (QED) is 0.867. The van der Waals surface area contributed by atoms with Gasteiger partial charge in [0.15, 0.2) is 11.6 Å². The number of aromatic nitrogens is 4. The number of hydrogen-bond acceptors (Lipinski definition) is 5. The lowest BCUT2D eigenvalue weighted by atomic mass is 9.91. The van der Waals surface area contributed by atoms with E-state index in [9.17, 15) is 0 Å². The van der Waals surface area contributed by atoms with Crippen LogP contribution >= 0.6 is 0 Å². The summed E-state index contributed by atoms with van der Waals surface area (Å²) >= 11 is 0. The van der Waals surface area contributed by atoms with Crippen molar-refractivity contribution in [1.29, 1.82) is 0 Å². The molecule has 0 radical (unpaired) electrons. The first-order valence-corrected chi connectivity index (χ1v) is 8.57. The van der Waals surface area contributed by atoms with Gasteiger partial charge in [-0.15, -0.1) is 10.2 Å². The summed E-state index contributed by atoms with van der Waals surface area (Å²) in [5.41, 5.74) is 2.08. The Morgan fingerprint density at radius 3 is 2.17 bits per heavy atom. The number of nitrogens with zero attached hydrogens (tertiary/aromatic N) is 6. The number of rotatable bonds is 3. The van der Waals surface area contributed by atoms with Crippen LogP contribution in [0.2, 0.25) is 0 Å². The van der Waals surface area contributed by atoms with Crippen LogP contribution in [0.1, 0.15) is 30.7 Å². The summed E-state index contributed by atoms with van der Waals surface area (Å²) in [4.78, 5) is 4.98. The second-order valence-electron chi connectivity index (χ2n) is 6.70. The van der Waals surface area contributed by atoms with Crippen LogP contribution in [-0.4, -0.2) is 57.1 Å². The molecule has 0 unspecified atom stereocenters. The maximum Gasteiger partial charge on any atom is 0.176 e. The van der Waals surface area contributed by atoms with Crippen molar-refractivity contribution in [1.82, 2.24) is 24.9 Å². The highest BCUT2D eigenvalue weighted by atomic mass is 15.4. The van der Waals surface area contributed by atoms with Crippen molar-refractivity contribution in [3.05, 3.63) is 29.6 Å². The highest BCUT2D eigenvalue weighted by Gasteiger charge is 2.28. The molecule has 3 heterocycles. The monoisotopic (exact) mass is 312 g/mol. The van der Waals surface area contributed by atoms with Gasteiger partial charge in [0.1, 0.15) is 0 Å². The molecule has 0 aromatic carbocycles. The minimum Gasteiger partial charge on any atom is -0.353 e. The lowest BCUT2D eigenvalue weighted by molar-refractivity contribution is 0.120. The third kappa shape index (κ3) is 2.83. The lowest BCUT2D eigenvalue weighted by Gasteiger charge is -2.43. The Balaban J connectivity index is 1.43. The van der Waals surface area contributed by atoms with Gasteiger partial charge in [-0.25, -0.2) is 4.68 Å². The Bertz CT molecular complexity index is 665. The molecule has 1 aliphatic carbocycles. The van der Waals surface area contributed by atoms with Gasteiger partial charge in [-0.05, 0) is 44.9 Å². The first-order valence-electron chi connectivity index (χ1n) is 8.57. The fraction of sp³-hybridized carbons (Fsp3) is 0.588. The van der Waals surface area contributed by atoms with Crippen LogP contribution in [0.25, 0.3) is 5.82 Å². The zero-order valence-corrected chi connectivity index (χ0v) is 13.9. The van der Waals surface area contributed by atoms with Gasteiger partial charge in [0.2, 0.25) is 0 Å². The molecule has 2 fully saturated rings. The number of anilines is 1. The maximum absolute atomic E-state index is 4.46. The highest BCUT2D eigenvalue weighted by Crippen LogP contribution is 2.26.